The quantitative estimate of drug-likeness (QED) is 0.0195. The first-order valence-corrected chi connectivity index (χ1v) is 37.7. The van der Waals surface area contributed by atoms with Gasteiger partial charge in [-0.25, -0.2) is 0 Å². The number of carbonyl (C=O) groups excluding carboxylic acids is 3. The summed E-state index contributed by atoms with van der Waals surface area (Å²) in [6.45, 7) is 4.62. The minimum absolute atomic E-state index is 0.136. The Balaban J connectivity index is 4.13. The zero-order chi connectivity index (χ0) is 66.1. The topological polar surface area (TPSA) is 111 Å². The number of carboxylic acids is 1. The molecule has 0 fully saturated rings. The largest absolute Gasteiger partial charge is 0.545 e. The van der Waals surface area contributed by atoms with Crippen LogP contribution in [0.4, 0.5) is 0 Å². The number of nitrogens with zero attached hydrogens (tertiary/aromatic N) is 1. The molecule has 0 rings (SSSR count). The van der Waals surface area contributed by atoms with Crippen molar-refractivity contribution in [1.29, 1.82) is 0 Å². The first kappa shape index (κ1) is 86.7. The molecule has 0 spiro atoms. The molecule has 0 radical (unpaired) electrons. The molecular weight excluding hydrogens is 1130 g/mol. The van der Waals surface area contributed by atoms with Gasteiger partial charge in [0, 0.05) is 12.8 Å². The van der Waals surface area contributed by atoms with E-state index in [2.05, 4.69) is 135 Å². The van der Waals surface area contributed by atoms with Crippen molar-refractivity contribution < 1.29 is 42.9 Å². The summed E-state index contributed by atoms with van der Waals surface area (Å²) in [5.41, 5.74) is 0. The van der Waals surface area contributed by atoms with Crippen LogP contribution in [0, 0.1) is 0 Å². The van der Waals surface area contributed by atoms with Gasteiger partial charge in [-0.15, -0.1) is 0 Å². The molecule has 0 aliphatic heterocycles. The van der Waals surface area contributed by atoms with Gasteiger partial charge in [0.2, 0.25) is 0 Å². The molecule has 2 atom stereocenters. The Morgan fingerprint density at radius 2 is 0.626 bits per heavy atom. The highest BCUT2D eigenvalue weighted by molar-refractivity contribution is 5.70. The molecule has 0 saturated heterocycles. The van der Waals surface area contributed by atoms with E-state index in [9.17, 15) is 19.5 Å². The molecule has 91 heavy (non-hydrogen) atoms. The van der Waals surface area contributed by atoms with Crippen LogP contribution < -0.4 is 5.11 Å². The molecule has 0 aromatic carbocycles. The van der Waals surface area contributed by atoms with Gasteiger partial charge in [-0.1, -0.05) is 322 Å². The van der Waals surface area contributed by atoms with Crippen LogP contribution in [-0.4, -0.2) is 82.3 Å². The number of unbranched alkanes of at least 4 members (excludes halogenated alkanes) is 34. The van der Waals surface area contributed by atoms with Crippen LogP contribution in [0.1, 0.15) is 322 Å². The monoisotopic (exact) mass is 1270 g/mol. The average molecular weight is 1270 g/mol. The number of rotatable bonds is 69. The van der Waals surface area contributed by atoms with Gasteiger partial charge in [0.1, 0.15) is 13.2 Å². The van der Waals surface area contributed by atoms with E-state index < -0.39 is 24.3 Å². The number of allylic oxidation sites excluding steroid dienone is 20. The van der Waals surface area contributed by atoms with E-state index in [1.165, 1.54) is 193 Å². The van der Waals surface area contributed by atoms with Crippen molar-refractivity contribution in [3.05, 3.63) is 122 Å². The molecule has 0 aromatic heterocycles. The fourth-order valence-electron chi connectivity index (χ4n) is 10.5. The molecule has 0 aliphatic carbocycles. The van der Waals surface area contributed by atoms with E-state index in [-0.39, 0.29) is 38.6 Å². The highest BCUT2D eigenvalue weighted by Gasteiger charge is 2.22. The number of hydrogen-bond acceptors (Lipinski definition) is 8. The van der Waals surface area contributed by atoms with E-state index in [4.69, 9.17) is 18.9 Å². The summed E-state index contributed by atoms with van der Waals surface area (Å²) < 4.78 is 22.8. The zero-order valence-electron chi connectivity index (χ0n) is 59.7. The smallest absolute Gasteiger partial charge is 0.306 e. The fraction of sp³-hybridized carbons (Fsp3) is 0.720. The van der Waals surface area contributed by atoms with Crippen LogP contribution in [0.15, 0.2) is 122 Å². The number of carboxylic acid groups (broad SMARTS) is 1. The van der Waals surface area contributed by atoms with Crippen molar-refractivity contribution in [3.63, 3.8) is 0 Å². The molecular formula is C82H141NO8. The predicted molar refractivity (Wildman–Crippen MR) is 389 cm³/mol. The van der Waals surface area contributed by atoms with Gasteiger partial charge in [-0.05, 0) is 109 Å². The van der Waals surface area contributed by atoms with Crippen molar-refractivity contribution >= 4 is 17.9 Å². The summed E-state index contributed by atoms with van der Waals surface area (Å²) in [6, 6.07) is 0. The Bertz CT molecular complexity index is 1910. The molecule has 522 valence electrons. The van der Waals surface area contributed by atoms with Crippen LogP contribution in [0.3, 0.4) is 0 Å². The lowest BCUT2D eigenvalue weighted by atomic mass is 10.0. The highest BCUT2D eigenvalue weighted by atomic mass is 16.7. The van der Waals surface area contributed by atoms with E-state index in [0.717, 1.165) is 96.3 Å². The van der Waals surface area contributed by atoms with Crippen molar-refractivity contribution in [3.8, 4) is 0 Å². The third-order valence-corrected chi connectivity index (χ3v) is 16.2. The standard InChI is InChI=1S/C82H141NO8/c1-6-8-10-12-14-16-18-20-22-24-26-28-30-32-34-36-38-39-40-41-43-44-46-48-50-52-54-56-58-60-62-64-66-68-70-72-79(84)89-76-78(77-90-82(81(86)87)88-75-74-83(3,4)5)91-80(85)73-71-69-67-65-63-61-59-57-55-53-51-49-47-45-42-37-35-33-31-29-27-25-23-21-19-17-15-13-11-9-7-2/h9,11,15,17,21,23-24,26-27,29,33,35,42,45,49,51,55,57,61,63,78,82H,6-8,10,12-14,16,18-20,22,25,28,30-32,34,36-41,43-44,46-48,50,52-54,56,58-60,62,64-77H2,1-5H3/b11-9-,17-15-,23-21-,26-24-,29-27-,35-33-,45-42-,51-49-,57-55-,63-61-. The minimum Gasteiger partial charge on any atom is -0.545 e. The van der Waals surface area contributed by atoms with Crippen LogP contribution in [-0.2, 0) is 33.3 Å². The third kappa shape index (κ3) is 73.0. The molecule has 0 aromatic rings. The summed E-state index contributed by atoms with van der Waals surface area (Å²) in [5, 5.41) is 11.8. The Morgan fingerprint density at radius 3 is 0.956 bits per heavy atom. The van der Waals surface area contributed by atoms with Crippen molar-refractivity contribution in [2.75, 3.05) is 47.5 Å². The molecule has 9 nitrogen and oxygen atoms in total. The fourth-order valence-corrected chi connectivity index (χ4v) is 10.5. The van der Waals surface area contributed by atoms with Crippen molar-refractivity contribution in [2.45, 2.75) is 334 Å². The molecule has 2 unspecified atom stereocenters. The SMILES string of the molecule is CC/C=C\C/C=C\C/C=C\C/C=C\C/C=C\C/C=C\C/C=C\C/C=C\C/C=C\CCCCCC(=O)OC(COC(=O)CCCCCCCCCCCCCCCCCCCCCCCCC/C=C\CCCCCCCCCC)COC(OCC[N+](C)(C)C)C(=O)[O-]. The summed E-state index contributed by atoms with van der Waals surface area (Å²) >= 11 is 0. The molecule has 9 heteroatoms. The Labute approximate surface area is 561 Å². The summed E-state index contributed by atoms with van der Waals surface area (Å²) in [7, 11) is 5.92. The molecule has 0 amide bonds. The first-order valence-electron chi connectivity index (χ1n) is 37.7. The molecule has 0 N–H and O–H groups in total. The van der Waals surface area contributed by atoms with Gasteiger partial charge < -0.3 is 33.3 Å². The van der Waals surface area contributed by atoms with Gasteiger partial charge in [0.25, 0.3) is 0 Å². The lowest BCUT2D eigenvalue weighted by Crippen LogP contribution is -2.44. The van der Waals surface area contributed by atoms with E-state index in [0.29, 0.717) is 17.4 Å². The van der Waals surface area contributed by atoms with Crippen molar-refractivity contribution in [1.82, 2.24) is 0 Å². The third-order valence-electron chi connectivity index (χ3n) is 16.2. The summed E-state index contributed by atoms with van der Waals surface area (Å²) in [4.78, 5) is 37.5. The van der Waals surface area contributed by atoms with Gasteiger partial charge >= 0.3 is 11.9 Å². The molecule has 0 heterocycles. The Hall–Kier alpha value is -4.31. The zero-order valence-corrected chi connectivity index (χ0v) is 59.7. The van der Waals surface area contributed by atoms with Gasteiger partial charge in [-0.3, -0.25) is 9.59 Å². The maximum absolute atomic E-state index is 12.9. The molecule has 0 bridgehead atoms. The Kier molecular flexibility index (Phi) is 68.1. The van der Waals surface area contributed by atoms with Gasteiger partial charge in [-0.2, -0.15) is 0 Å². The van der Waals surface area contributed by atoms with Crippen LogP contribution in [0.5, 0.6) is 0 Å². The second-order valence-electron chi connectivity index (χ2n) is 26.2. The lowest BCUT2D eigenvalue weighted by molar-refractivity contribution is -0.870. The molecule has 0 saturated carbocycles. The van der Waals surface area contributed by atoms with Gasteiger partial charge in [0.15, 0.2) is 12.4 Å². The predicted octanol–water partition coefficient (Wildman–Crippen LogP) is 22.6. The number of aliphatic carboxylic acids is 1. The van der Waals surface area contributed by atoms with E-state index in [1.54, 1.807) is 0 Å². The number of ether oxygens (including phenoxy) is 4. The lowest BCUT2D eigenvalue weighted by Gasteiger charge is -2.26. The van der Waals surface area contributed by atoms with Crippen LogP contribution in [0.25, 0.3) is 0 Å². The van der Waals surface area contributed by atoms with Gasteiger partial charge in [0.05, 0.1) is 40.3 Å². The minimum atomic E-state index is -1.64. The molecule has 0 aliphatic rings. The van der Waals surface area contributed by atoms with E-state index >= 15 is 0 Å². The normalized spacial score (nSPS) is 13.4. The number of carbonyl (C=O) groups is 3. The van der Waals surface area contributed by atoms with Crippen LogP contribution in [0.2, 0.25) is 0 Å². The highest BCUT2D eigenvalue weighted by Crippen LogP contribution is 2.18. The number of likely N-dealkylation sites (N-methyl/N-ethyl adjacent to an activating group) is 1. The average Bonchev–Trinajstić information content (AvgIpc) is 3.65. The van der Waals surface area contributed by atoms with E-state index in [1.807, 2.05) is 21.1 Å². The first-order chi connectivity index (χ1) is 44.6. The van der Waals surface area contributed by atoms with Crippen LogP contribution >= 0.6 is 0 Å². The maximum Gasteiger partial charge on any atom is 0.306 e. The maximum atomic E-state index is 12.9. The second-order valence-corrected chi connectivity index (χ2v) is 26.2. The summed E-state index contributed by atoms with van der Waals surface area (Å²) in [5.74, 6) is -2.33. The Morgan fingerprint density at radius 1 is 0.341 bits per heavy atom. The number of hydrogen-bond donors (Lipinski definition) is 0. The second kappa shape index (κ2) is 71.5. The summed E-state index contributed by atoms with van der Waals surface area (Å²) in [6.07, 6.45) is 98.8. The number of esters is 2. The number of quaternary nitrogens is 1. The van der Waals surface area contributed by atoms with Crippen molar-refractivity contribution in [2.24, 2.45) is 0 Å².